The molecule has 10 heteroatoms. The predicted octanol–water partition coefficient (Wildman–Crippen LogP) is 3.40. The van der Waals surface area contributed by atoms with Gasteiger partial charge in [-0.3, -0.25) is 13.9 Å². The van der Waals surface area contributed by atoms with Crippen LogP contribution in [0.5, 0.6) is 5.75 Å². The van der Waals surface area contributed by atoms with E-state index in [2.05, 4.69) is 4.98 Å². The summed E-state index contributed by atoms with van der Waals surface area (Å²) in [5.41, 5.74) is 0.828. The first-order chi connectivity index (χ1) is 15.4. The number of carbonyl (C=O) groups excluding carboxylic acids is 2. The zero-order valence-corrected chi connectivity index (χ0v) is 19.1. The zero-order valence-electron chi connectivity index (χ0n) is 17.5. The largest absolute Gasteiger partial charge is 0.495 e. The molecule has 0 unspecified atom stereocenters. The summed E-state index contributed by atoms with van der Waals surface area (Å²) < 4.78 is 33.3. The number of rotatable bonds is 8. The maximum absolute atomic E-state index is 13.4. The highest BCUT2D eigenvalue weighted by atomic mass is 32.2. The lowest BCUT2D eigenvalue weighted by molar-refractivity contribution is 0.0787. The van der Waals surface area contributed by atoms with Crippen molar-refractivity contribution in [3.8, 4) is 5.75 Å². The smallest absolute Gasteiger partial charge is 0.274 e. The summed E-state index contributed by atoms with van der Waals surface area (Å²) >= 11 is 1.07. The Bertz CT molecular complexity index is 1210. The van der Waals surface area contributed by atoms with Crippen molar-refractivity contribution in [2.75, 3.05) is 31.0 Å². The van der Waals surface area contributed by atoms with Crippen LogP contribution in [0.2, 0.25) is 0 Å². The molecular formula is C22H23N3O5S2. The lowest BCUT2D eigenvalue weighted by Crippen LogP contribution is -2.35. The first-order valence-corrected chi connectivity index (χ1v) is 12.4. The van der Waals surface area contributed by atoms with Gasteiger partial charge in [-0.1, -0.05) is 18.2 Å². The van der Waals surface area contributed by atoms with Crippen molar-refractivity contribution >= 4 is 38.7 Å². The average molecular weight is 474 g/mol. The van der Waals surface area contributed by atoms with Gasteiger partial charge in [0.15, 0.2) is 5.78 Å². The number of ether oxygens (including phenoxy) is 1. The van der Waals surface area contributed by atoms with Gasteiger partial charge in [0.05, 0.1) is 19.3 Å². The van der Waals surface area contributed by atoms with Crippen molar-refractivity contribution < 1.29 is 22.7 Å². The number of Topliss-reactive ketones (excluding diaryl/α,β-unsaturated/α-hetero) is 1. The number of hydrogen-bond donors (Lipinski definition) is 1. The molecular weight excluding hydrogens is 450 g/mol. The fourth-order valence-corrected chi connectivity index (χ4v) is 6.18. The van der Waals surface area contributed by atoms with Crippen LogP contribution in [0.1, 0.15) is 33.7 Å². The maximum atomic E-state index is 13.4. The molecule has 4 rings (SSSR count). The summed E-state index contributed by atoms with van der Waals surface area (Å²) in [6.45, 7) is 0.958. The number of amides is 1. The molecule has 0 aliphatic carbocycles. The number of hydrogen-bond acceptors (Lipinski definition) is 6. The number of likely N-dealkylation sites (tertiary alicyclic amines) is 1. The van der Waals surface area contributed by atoms with E-state index in [-0.39, 0.29) is 21.4 Å². The SMILES string of the molecule is COc1ccccc1N(CC(=O)c1c[nH]c(C(=O)N2CCCC2)c1)S(=O)(=O)c1cccs1. The number of sulfonamides is 1. The lowest BCUT2D eigenvalue weighted by Gasteiger charge is -2.24. The van der Waals surface area contributed by atoms with Crippen molar-refractivity contribution in [1.29, 1.82) is 0 Å². The van der Waals surface area contributed by atoms with Crippen LogP contribution in [0.3, 0.4) is 0 Å². The van der Waals surface area contributed by atoms with Gasteiger partial charge in [0.2, 0.25) is 0 Å². The third-order valence-electron chi connectivity index (χ3n) is 5.31. The lowest BCUT2D eigenvalue weighted by atomic mass is 10.2. The zero-order chi connectivity index (χ0) is 22.7. The minimum absolute atomic E-state index is 0.121. The second-order valence-electron chi connectivity index (χ2n) is 7.34. The van der Waals surface area contributed by atoms with Gasteiger partial charge in [-0.25, -0.2) is 8.42 Å². The Kier molecular flexibility index (Phi) is 6.33. The van der Waals surface area contributed by atoms with Gasteiger partial charge in [-0.2, -0.15) is 0 Å². The molecule has 1 aliphatic rings. The molecule has 1 N–H and O–H groups in total. The van der Waals surface area contributed by atoms with Crippen LogP contribution in [0.15, 0.2) is 58.3 Å². The Morgan fingerprint density at radius 3 is 2.59 bits per heavy atom. The van der Waals surface area contributed by atoms with E-state index in [4.69, 9.17) is 4.74 Å². The van der Waals surface area contributed by atoms with E-state index in [0.29, 0.717) is 24.5 Å². The number of nitrogens with zero attached hydrogens (tertiary/aromatic N) is 2. The number of thiophene rings is 1. The van der Waals surface area contributed by atoms with E-state index in [1.54, 1.807) is 40.6 Å². The Labute approximate surface area is 190 Å². The maximum Gasteiger partial charge on any atom is 0.274 e. The van der Waals surface area contributed by atoms with Gasteiger partial charge < -0.3 is 14.6 Å². The van der Waals surface area contributed by atoms with Crippen LogP contribution in [-0.4, -0.2) is 56.7 Å². The molecule has 2 aromatic heterocycles. The van der Waals surface area contributed by atoms with Crippen LogP contribution < -0.4 is 9.04 Å². The van der Waals surface area contributed by atoms with E-state index < -0.39 is 22.4 Å². The summed E-state index contributed by atoms with van der Waals surface area (Å²) in [5, 5.41) is 1.66. The predicted molar refractivity (Wildman–Crippen MR) is 122 cm³/mol. The van der Waals surface area contributed by atoms with Crippen molar-refractivity contribution in [2.24, 2.45) is 0 Å². The summed E-state index contributed by atoms with van der Waals surface area (Å²) in [7, 11) is -2.56. The van der Waals surface area contributed by atoms with Crippen molar-refractivity contribution in [3.05, 3.63) is 65.3 Å². The van der Waals surface area contributed by atoms with E-state index in [0.717, 1.165) is 28.5 Å². The number of anilines is 1. The number of H-pyrrole nitrogens is 1. The molecule has 0 bridgehead atoms. The van der Waals surface area contributed by atoms with Gasteiger partial charge in [0.25, 0.3) is 15.9 Å². The molecule has 8 nitrogen and oxygen atoms in total. The quantitative estimate of drug-likeness (QED) is 0.506. The topological polar surface area (TPSA) is 99.8 Å². The number of nitrogens with one attached hydrogen (secondary N) is 1. The molecule has 0 radical (unpaired) electrons. The van der Waals surface area contributed by atoms with Crippen molar-refractivity contribution in [2.45, 2.75) is 17.1 Å². The highest BCUT2D eigenvalue weighted by Gasteiger charge is 2.31. The first-order valence-electron chi connectivity index (χ1n) is 10.1. The Morgan fingerprint density at radius 1 is 1.16 bits per heavy atom. The standard InChI is InChI=1S/C22H23N3O5S2/c1-30-20-8-3-2-7-18(20)25(32(28,29)21-9-6-12-31-21)15-19(26)16-13-17(23-14-16)22(27)24-10-4-5-11-24/h2-3,6-9,12-14,23H,4-5,10-11,15H2,1H3. The molecule has 1 saturated heterocycles. The van der Waals surface area contributed by atoms with Crippen LogP contribution in [0.4, 0.5) is 5.69 Å². The number of aromatic amines is 1. The highest BCUT2D eigenvalue weighted by molar-refractivity contribution is 7.94. The fraction of sp³-hybridized carbons (Fsp3) is 0.273. The van der Waals surface area contributed by atoms with E-state index in [1.807, 2.05) is 0 Å². The van der Waals surface area contributed by atoms with E-state index in [1.165, 1.54) is 25.4 Å². The number of ketones is 1. The summed E-state index contributed by atoms with van der Waals surface area (Å²) in [5.74, 6) is -0.262. The molecule has 0 spiro atoms. The molecule has 1 aromatic carbocycles. The molecule has 1 aliphatic heterocycles. The summed E-state index contributed by atoms with van der Waals surface area (Å²) in [4.78, 5) is 30.3. The average Bonchev–Trinajstić information content (AvgIpc) is 3.59. The van der Waals surface area contributed by atoms with Gasteiger partial charge in [0.1, 0.15) is 15.7 Å². The minimum Gasteiger partial charge on any atom is -0.495 e. The molecule has 3 aromatic rings. The van der Waals surface area contributed by atoms with Gasteiger partial charge in [-0.05, 0) is 42.5 Å². The van der Waals surface area contributed by atoms with Crippen LogP contribution >= 0.6 is 11.3 Å². The molecule has 0 atom stereocenters. The number of methoxy groups -OCH3 is 1. The van der Waals surface area contributed by atoms with Gasteiger partial charge in [0, 0.05) is 24.8 Å². The van der Waals surface area contributed by atoms with E-state index >= 15 is 0 Å². The minimum atomic E-state index is -4.00. The monoisotopic (exact) mass is 473 g/mol. The molecule has 1 amide bonds. The first kappa shape index (κ1) is 22.1. The highest BCUT2D eigenvalue weighted by Crippen LogP contribution is 2.33. The second-order valence-corrected chi connectivity index (χ2v) is 10.4. The molecule has 1 fully saturated rings. The number of carbonyl (C=O) groups is 2. The van der Waals surface area contributed by atoms with Crippen LogP contribution in [0, 0.1) is 0 Å². The molecule has 168 valence electrons. The Balaban J connectivity index is 1.64. The van der Waals surface area contributed by atoms with E-state index in [9.17, 15) is 18.0 Å². The van der Waals surface area contributed by atoms with Gasteiger partial charge in [-0.15, -0.1) is 11.3 Å². The third kappa shape index (κ3) is 4.28. The molecule has 0 saturated carbocycles. The van der Waals surface area contributed by atoms with Gasteiger partial charge >= 0.3 is 0 Å². The van der Waals surface area contributed by atoms with Crippen LogP contribution in [0.25, 0.3) is 0 Å². The second kappa shape index (κ2) is 9.17. The normalized spacial score (nSPS) is 13.8. The van der Waals surface area contributed by atoms with Crippen molar-refractivity contribution in [3.63, 3.8) is 0 Å². The van der Waals surface area contributed by atoms with Crippen molar-refractivity contribution in [1.82, 2.24) is 9.88 Å². The number of para-hydroxylation sites is 2. The third-order valence-corrected chi connectivity index (χ3v) is 8.44. The number of aromatic nitrogens is 1. The number of benzene rings is 1. The molecule has 32 heavy (non-hydrogen) atoms. The fourth-order valence-electron chi connectivity index (χ4n) is 3.65. The summed E-state index contributed by atoms with van der Waals surface area (Å²) in [6, 6.07) is 11.3. The summed E-state index contributed by atoms with van der Waals surface area (Å²) in [6.07, 6.45) is 3.38. The Hall–Kier alpha value is -3.11. The Morgan fingerprint density at radius 2 is 1.91 bits per heavy atom. The molecule has 3 heterocycles. The van der Waals surface area contributed by atoms with Crippen LogP contribution in [-0.2, 0) is 10.0 Å².